The van der Waals surface area contributed by atoms with Gasteiger partial charge in [0.05, 0.1) is 23.3 Å². The fraction of sp³-hybridized carbons (Fsp3) is 0.700. The van der Waals surface area contributed by atoms with Gasteiger partial charge < -0.3 is 20.5 Å². The van der Waals surface area contributed by atoms with Crippen molar-refractivity contribution in [2.24, 2.45) is 11.3 Å². The highest BCUT2D eigenvalue weighted by Crippen LogP contribution is 2.44. The molecule has 2 heterocycles. The number of carbonyl (C=O) groups excluding carboxylic acids is 1. The number of hydrogen-bond acceptors (Lipinski definition) is 5. The number of nitrogens with one attached hydrogen (secondary N) is 2. The molecular formula is C20H29N3O3. The molecule has 1 aliphatic heterocycles. The van der Waals surface area contributed by atoms with Crippen LogP contribution in [0.2, 0.25) is 0 Å². The van der Waals surface area contributed by atoms with Crippen LogP contribution in [0.15, 0.2) is 18.3 Å². The van der Waals surface area contributed by atoms with Gasteiger partial charge >= 0.3 is 0 Å². The van der Waals surface area contributed by atoms with Crippen molar-refractivity contribution in [2.75, 3.05) is 13.1 Å². The Morgan fingerprint density at radius 1 is 1.35 bits per heavy atom. The average molecular weight is 359 g/mol. The molecule has 1 saturated heterocycles. The molecule has 2 saturated carbocycles. The van der Waals surface area contributed by atoms with Crippen LogP contribution in [-0.2, 0) is 4.79 Å². The lowest BCUT2D eigenvalue weighted by Gasteiger charge is -2.39. The number of aliphatic hydroxyl groups is 1. The molecule has 26 heavy (non-hydrogen) atoms. The molecule has 0 unspecified atom stereocenters. The van der Waals surface area contributed by atoms with Crippen LogP contribution in [0.5, 0.6) is 5.75 Å². The Balaban J connectivity index is 1.30. The molecule has 3 atom stereocenters. The average Bonchev–Trinajstić information content (AvgIpc) is 2.83. The third-order valence-electron chi connectivity index (χ3n) is 6.53. The van der Waals surface area contributed by atoms with Crippen molar-refractivity contribution in [3.8, 4) is 5.75 Å². The quantitative estimate of drug-likeness (QED) is 0.760. The fourth-order valence-electron chi connectivity index (χ4n) is 4.84. The minimum absolute atomic E-state index is 0.0344. The number of rotatable bonds is 4. The van der Waals surface area contributed by atoms with E-state index in [9.17, 15) is 9.90 Å². The zero-order chi connectivity index (χ0) is 18.1. The van der Waals surface area contributed by atoms with Crippen LogP contribution in [0, 0.1) is 18.3 Å². The topological polar surface area (TPSA) is 83.5 Å². The van der Waals surface area contributed by atoms with Crippen LogP contribution in [0.4, 0.5) is 0 Å². The molecule has 3 fully saturated rings. The molecule has 142 valence electrons. The van der Waals surface area contributed by atoms with E-state index in [0.717, 1.165) is 56.5 Å². The van der Waals surface area contributed by atoms with E-state index in [1.807, 2.05) is 19.1 Å². The van der Waals surface area contributed by atoms with Gasteiger partial charge in [-0.2, -0.15) is 0 Å². The molecule has 6 nitrogen and oxygen atoms in total. The summed E-state index contributed by atoms with van der Waals surface area (Å²) in [5.74, 6) is 1.11. The van der Waals surface area contributed by atoms with Gasteiger partial charge in [0.2, 0.25) is 5.91 Å². The lowest BCUT2D eigenvalue weighted by molar-refractivity contribution is -0.139. The molecule has 3 aliphatic rings. The molecule has 1 aromatic heterocycles. The molecule has 0 aromatic carbocycles. The van der Waals surface area contributed by atoms with E-state index in [4.69, 9.17) is 4.74 Å². The number of piperidine rings is 1. The van der Waals surface area contributed by atoms with Gasteiger partial charge in [0.1, 0.15) is 5.75 Å². The Labute approximate surface area is 154 Å². The summed E-state index contributed by atoms with van der Waals surface area (Å²) in [6.45, 7) is 3.38. The van der Waals surface area contributed by atoms with E-state index in [2.05, 4.69) is 15.6 Å². The van der Waals surface area contributed by atoms with Crippen molar-refractivity contribution >= 4 is 5.91 Å². The number of aliphatic hydroxyl groups excluding tert-OH is 1. The Bertz CT molecular complexity index is 655. The minimum Gasteiger partial charge on any atom is -0.489 e. The second-order valence-electron chi connectivity index (χ2n) is 8.18. The summed E-state index contributed by atoms with van der Waals surface area (Å²) < 4.78 is 6.10. The summed E-state index contributed by atoms with van der Waals surface area (Å²) in [6.07, 6.45) is 6.86. The molecule has 3 N–H and O–H groups in total. The van der Waals surface area contributed by atoms with Crippen LogP contribution >= 0.6 is 0 Å². The number of ether oxygens (including phenoxy) is 1. The summed E-state index contributed by atoms with van der Waals surface area (Å²) in [7, 11) is 0. The number of aryl methyl sites for hydroxylation is 1. The van der Waals surface area contributed by atoms with Gasteiger partial charge in [-0.3, -0.25) is 9.78 Å². The molecule has 2 aliphatic carbocycles. The molecule has 1 aromatic rings. The van der Waals surface area contributed by atoms with E-state index < -0.39 is 11.5 Å². The maximum Gasteiger partial charge on any atom is 0.230 e. The van der Waals surface area contributed by atoms with Crippen molar-refractivity contribution in [1.29, 1.82) is 0 Å². The van der Waals surface area contributed by atoms with Crippen LogP contribution in [0.1, 0.15) is 44.2 Å². The van der Waals surface area contributed by atoms with E-state index in [1.54, 1.807) is 6.20 Å². The van der Waals surface area contributed by atoms with Crippen molar-refractivity contribution in [2.45, 2.75) is 63.7 Å². The number of pyridine rings is 1. The zero-order valence-electron chi connectivity index (χ0n) is 15.4. The summed E-state index contributed by atoms with van der Waals surface area (Å²) in [5.41, 5.74) is 0.292. The lowest BCUT2D eigenvalue weighted by Crippen LogP contribution is -2.59. The molecule has 4 rings (SSSR count). The fourth-order valence-corrected chi connectivity index (χ4v) is 4.84. The van der Waals surface area contributed by atoms with Crippen LogP contribution in [0.3, 0.4) is 0 Å². The second-order valence-corrected chi connectivity index (χ2v) is 8.18. The molecular weight excluding hydrogens is 330 g/mol. The van der Waals surface area contributed by atoms with Gasteiger partial charge in [0.15, 0.2) is 0 Å². The number of amides is 1. The van der Waals surface area contributed by atoms with Crippen LogP contribution < -0.4 is 15.4 Å². The SMILES string of the molecule is Cc1ncccc1OC1CCC(NC(=O)[C@@]23CC[C@@H](CNC2)[C@H]3O)CC1. The summed E-state index contributed by atoms with van der Waals surface area (Å²) in [6, 6.07) is 4.04. The number of aromatic nitrogens is 1. The van der Waals surface area contributed by atoms with Gasteiger partial charge in [0.25, 0.3) is 0 Å². The molecule has 6 heteroatoms. The van der Waals surface area contributed by atoms with Gasteiger partial charge in [-0.05, 0) is 63.5 Å². The van der Waals surface area contributed by atoms with Crippen LogP contribution in [0.25, 0.3) is 0 Å². The first-order valence-corrected chi connectivity index (χ1v) is 9.86. The summed E-state index contributed by atoms with van der Waals surface area (Å²) >= 11 is 0. The Morgan fingerprint density at radius 2 is 2.15 bits per heavy atom. The Hall–Kier alpha value is -1.66. The minimum atomic E-state index is -0.622. The first-order chi connectivity index (χ1) is 12.6. The van der Waals surface area contributed by atoms with Gasteiger partial charge in [-0.15, -0.1) is 0 Å². The van der Waals surface area contributed by atoms with E-state index in [1.165, 1.54) is 0 Å². The second kappa shape index (κ2) is 7.16. The number of hydrogen-bond donors (Lipinski definition) is 3. The Kier molecular flexibility index (Phi) is 4.88. The predicted molar refractivity (Wildman–Crippen MR) is 97.8 cm³/mol. The monoisotopic (exact) mass is 359 g/mol. The first-order valence-electron chi connectivity index (χ1n) is 9.86. The zero-order valence-corrected chi connectivity index (χ0v) is 15.4. The highest BCUT2D eigenvalue weighted by molar-refractivity contribution is 5.84. The summed E-state index contributed by atoms with van der Waals surface area (Å²) in [4.78, 5) is 17.2. The smallest absolute Gasteiger partial charge is 0.230 e. The molecule has 2 bridgehead atoms. The Morgan fingerprint density at radius 3 is 2.92 bits per heavy atom. The maximum atomic E-state index is 12.9. The van der Waals surface area contributed by atoms with E-state index >= 15 is 0 Å². The van der Waals surface area contributed by atoms with E-state index in [-0.39, 0.29) is 24.0 Å². The third kappa shape index (κ3) is 3.21. The number of nitrogens with zero attached hydrogens (tertiary/aromatic N) is 1. The number of fused-ring (bicyclic) bond motifs is 2. The van der Waals surface area contributed by atoms with Gasteiger partial charge in [-0.1, -0.05) is 0 Å². The van der Waals surface area contributed by atoms with Gasteiger partial charge in [-0.25, -0.2) is 0 Å². The third-order valence-corrected chi connectivity index (χ3v) is 6.53. The molecule has 0 radical (unpaired) electrons. The van der Waals surface area contributed by atoms with Crippen molar-refractivity contribution in [3.63, 3.8) is 0 Å². The summed E-state index contributed by atoms with van der Waals surface area (Å²) in [5, 5.41) is 17.1. The van der Waals surface area contributed by atoms with Crippen LogP contribution in [-0.4, -0.2) is 47.3 Å². The highest BCUT2D eigenvalue weighted by Gasteiger charge is 2.55. The highest BCUT2D eigenvalue weighted by atomic mass is 16.5. The largest absolute Gasteiger partial charge is 0.489 e. The normalized spacial score (nSPS) is 36.5. The van der Waals surface area contributed by atoms with E-state index in [0.29, 0.717) is 6.54 Å². The maximum absolute atomic E-state index is 12.9. The first kappa shape index (κ1) is 17.7. The molecule has 0 spiro atoms. The van der Waals surface area contributed by atoms with Crippen molar-refractivity contribution in [1.82, 2.24) is 15.6 Å². The predicted octanol–water partition coefficient (Wildman–Crippen LogP) is 1.56. The number of carbonyl (C=O) groups is 1. The lowest BCUT2D eigenvalue weighted by atomic mass is 9.78. The van der Waals surface area contributed by atoms with Crippen molar-refractivity contribution < 1.29 is 14.6 Å². The molecule has 1 amide bonds. The standard InChI is InChI=1S/C20H29N3O3/c1-13-17(3-2-10-22-13)26-16-6-4-15(5-7-16)23-19(25)20-9-8-14(18(20)24)11-21-12-20/h2-3,10,14-16,18,21,24H,4-9,11-12H2,1H3,(H,23,25)/t14-,15?,16?,18+,20-/m0/s1. The van der Waals surface area contributed by atoms with Gasteiger partial charge in [0, 0.05) is 25.3 Å². The van der Waals surface area contributed by atoms with Crippen molar-refractivity contribution in [3.05, 3.63) is 24.0 Å².